The van der Waals surface area contributed by atoms with Gasteiger partial charge in [0.05, 0.1) is 10.0 Å². The largest absolute Gasteiger partial charge is 0.396 e. The van der Waals surface area contributed by atoms with E-state index in [1.54, 1.807) is 6.07 Å². The molecule has 1 fully saturated rings. The van der Waals surface area contributed by atoms with Gasteiger partial charge >= 0.3 is 0 Å². The van der Waals surface area contributed by atoms with E-state index in [1.807, 2.05) is 12.1 Å². The maximum atomic E-state index is 8.92. The van der Waals surface area contributed by atoms with Crippen molar-refractivity contribution in [3.05, 3.63) is 33.8 Å². The van der Waals surface area contributed by atoms with Gasteiger partial charge in [-0.15, -0.1) is 0 Å². The molecule has 0 heterocycles. The molecule has 1 nitrogen and oxygen atoms in total. The zero-order chi connectivity index (χ0) is 9.42. The van der Waals surface area contributed by atoms with Gasteiger partial charge in [-0.2, -0.15) is 0 Å². The molecule has 0 saturated heterocycles. The fourth-order valence-electron chi connectivity index (χ4n) is 1.64. The third kappa shape index (κ3) is 1.69. The van der Waals surface area contributed by atoms with E-state index in [9.17, 15) is 0 Å². The van der Waals surface area contributed by atoms with E-state index in [1.165, 1.54) is 0 Å². The number of benzene rings is 1. The summed E-state index contributed by atoms with van der Waals surface area (Å²) in [6.07, 6.45) is 1.02. The molecule has 0 spiro atoms. The van der Waals surface area contributed by atoms with Crippen LogP contribution in [0.5, 0.6) is 0 Å². The first-order valence-electron chi connectivity index (χ1n) is 4.28. The van der Waals surface area contributed by atoms with Crippen molar-refractivity contribution in [1.82, 2.24) is 0 Å². The molecule has 13 heavy (non-hydrogen) atoms. The summed E-state index contributed by atoms with van der Waals surface area (Å²) in [5.41, 5.74) is 1.08. The van der Waals surface area contributed by atoms with Crippen LogP contribution in [0.2, 0.25) is 10.0 Å². The summed E-state index contributed by atoms with van der Waals surface area (Å²) in [7, 11) is 0. The van der Waals surface area contributed by atoms with Crippen molar-refractivity contribution in [2.24, 2.45) is 5.92 Å². The lowest BCUT2D eigenvalue weighted by molar-refractivity contribution is 0.274. The van der Waals surface area contributed by atoms with Crippen molar-refractivity contribution in [1.29, 1.82) is 0 Å². The van der Waals surface area contributed by atoms with Crippen molar-refractivity contribution >= 4 is 23.2 Å². The molecular weight excluding hydrogens is 207 g/mol. The molecule has 0 aliphatic heterocycles. The lowest BCUT2D eigenvalue weighted by Crippen LogP contribution is -1.89. The van der Waals surface area contributed by atoms with Gasteiger partial charge in [-0.3, -0.25) is 0 Å². The molecular formula is C10H10Cl2O. The molecule has 3 heteroatoms. The summed E-state index contributed by atoms with van der Waals surface area (Å²) >= 11 is 11.9. The van der Waals surface area contributed by atoms with Crippen molar-refractivity contribution in [3.63, 3.8) is 0 Å². The Bertz CT molecular complexity index is 325. The minimum Gasteiger partial charge on any atom is -0.396 e. The lowest BCUT2D eigenvalue weighted by atomic mass is 10.1. The Morgan fingerprint density at radius 3 is 2.77 bits per heavy atom. The van der Waals surface area contributed by atoms with E-state index in [2.05, 4.69) is 0 Å². The molecule has 1 aliphatic rings. The molecule has 0 radical (unpaired) electrons. The van der Waals surface area contributed by atoms with Gasteiger partial charge in [0.15, 0.2) is 0 Å². The van der Waals surface area contributed by atoms with Crippen LogP contribution in [0, 0.1) is 5.92 Å². The number of aliphatic hydroxyl groups excluding tert-OH is 1. The van der Waals surface area contributed by atoms with Crippen LogP contribution in [0.25, 0.3) is 0 Å². The first-order chi connectivity index (χ1) is 6.24. The van der Waals surface area contributed by atoms with Crippen LogP contribution in [0.4, 0.5) is 0 Å². The molecule has 0 bridgehead atoms. The number of hydrogen-bond acceptors (Lipinski definition) is 1. The van der Waals surface area contributed by atoms with Crippen LogP contribution >= 0.6 is 23.2 Å². The molecule has 0 unspecified atom stereocenters. The number of halogens is 2. The van der Waals surface area contributed by atoms with E-state index < -0.39 is 0 Å². The molecule has 1 aliphatic carbocycles. The topological polar surface area (TPSA) is 20.2 Å². The summed E-state index contributed by atoms with van der Waals surface area (Å²) in [6, 6.07) is 5.66. The second-order valence-corrected chi connectivity index (χ2v) is 4.21. The Morgan fingerprint density at radius 2 is 2.15 bits per heavy atom. The van der Waals surface area contributed by atoms with Crippen LogP contribution in [-0.4, -0.2) is 11.7 Å². The number of aliphatic hydroxyl groups is 1. The highest BCUT2D eigenvalue weighted by Gasteiger charge is 2.38. The highest BCUT2D eigenvalue weighted by Crippen LogP contribution is 2.50. The van der Waals surface area contributed by atoms with Gasteiger partial charge in [-0.05, 0) is 29.9 Å². The van der Waals surface area contributed by atoms with Crippen molar-refractivity contribution in [2.45, 2.75) is 12.3 Å². The third-order valence-electron chi connectivity index (χ3n) is 2.54. The minimum atomic E-state index is 0.244. The Kier molecular flexibility index (Phi) is 2.50. The molecule has 0 amide bonds. The highest BCUT2D eigenvalue weighted by atomic mass is 35.5. The van der Waals surface area contributed by atoms with E-state index in [0.29, 0.717) is 21.9 Å². The van der Waals surface area contributed by atoms with Crippen molar-refractivity contribution < 1.29 is 5.11 Å². The first-order valence-corrected chi connectivity index (χ1v) is 5.04. The van der Waals surface area contributed by atoms with Crippen LogP contribution in [0.3, 0.4) is 0 Å². The fourth-order valence-corrected chi connectivity index (χ4v) is 2.09. The molecule has 70 valence electrons. The third-order valence-corrected chi connectivity index (χ3v) is 3.37. The number of hydrogen-bond donors (Lipinski definition) is 1. The zero-order valence-corrected chi connectivity index (χ0v) is 8.52. The first kappa shape index (κ1) is 9.32. The Morgan fingerprint density at radius 1 is 1.38 bits per heavy atom. The second kappa shape index (κ2) is 3.49. The molecule has 1 aromatic rings. The van der Waals surface area contributed by atoms with E-state index in [0.717, 1.165) is 12.0 Å². The SMILES string of the molecule is OC[C@@H]1C[C@@H]1c1cccc(Cl)c1Cl. The summed E-state index contributed by atoms with van der Waals surface area (Å²) < 4.78 is 0. The predicted octanol–water partition coefficient (Wildman–Crippen LogP) is 3.09. The minimum absolute atomic E-state index is 0.244. The Balaban J connectivity index is 2.27. The molecule has 1 N–H and O–H groups in total. The standard InChI is InChI=1S/C10H10Cl2O/c11-9-3-1-2-7(10(9)12)8-4-6(8)5-13/h1-3,6,8,13H,4-5H2/t6-,8-/m0/s1. The summed E-state index contributed by atoms with van der Waals surface area (Å²) in [4.78, 5) is 0. The molecule has 1 saturated carbocycles. The van der Waals surface area contributed by atoms with Gasteiger partial charge in [0, 0.05) is 6.61 Å². The lowest BCUT2D eigenvalue weighted by Gasteiger charge is -2.03. The van der Waals surface area contributed by atoms with Gasteiger partial charge in [0.2, 0.25) is 0 Å². The summed E-state index contributed by atoms with van der Waals surface area (Å²) in [5.74, 6) is 0.798. The maximum Gasteiger partial charge on any atom is 0.0627 e. The van der Waals surface area contributed by atoms with Crippen LogP contribution in [-0.2, 0) is 0 Å². The monoisotopic (exact) mass is 216 g/mol. The highest BCUT2D eigenvalue weighted by molar-refractivity contribution is 6.42. The van der Waals surface area contributed by atoms with E-state index >= 15 is 0 Å². The van der Waals surface area contributed by atoms with Crippen molar-refractivity contribution in [3.8, 4) is 0 Å². The second-order valence-electron chi connectivity index (χ2n) is 3.43. The van der Waals surface area contributed by atoms with Gasteiger partial charge in [-0.25, -0.2) is 0 Å². The summed E-state index contributed by atoms with van der Waals surface area (Å²) in [5, 5.41) is 10.2. The Labute approximate surface area is 87.3 Å². The molecule has 0 aromatic heterocycles. The van der Waals surface area contributed by atoms with E-state index in [-0.39, 0.29) is 6.61 Å². The zero-order valence-electron chi connectivity index (χ0n) is 7.00. The summed E-state index contributed by atoms with van der Waals surface area (Å²) in [6.45, 7) is 0.244. The normalized spacial score (nSPS) is 26.1. The maximum absolute atomic E-state index is 8.92. The van der Waals surface area contributed by atoms with Crippen LogP contribution < -0.4 is 0 Å². The average Bonchev–Trinajstić information content (AvgIpc) is 2.89. The van der Waals surface area contributed by atoms with Gasteiger partial charge < -0.3 is 5.11 Å². The fraction of sp³-hybridized carbons (Fsp3) is 0.400. The van der Waals surface area contributed by atoms with Gasteiger partial charge in [-0.1, -0.05) is 35.3 Å². The Hall–Kier alpha value is -0.240. The molecule has 1 aromatic carbocycles. The predicted molar refractivity (Wildman–Crippen MR) is 54.4 cm³/mol. The number of rotatable bonds is 2. The molecule has 2 atom stereocenters. The van der Waals surface area contributed by atoms with Crippen molar-refractivity contribution in [2.75, 3.05) is 6.61 Å². The average molecular weight is 217 g/mol. The smallest absolute Gasteiger partial charge is 0.0627 e. The van der Waals surface area contributed by atoms with Crippen LogP contribution in [0.1, 0.15) is 17.9 Å². The quantitative estimate of drug-likeness (QED) is 0.806. The molecule has 2 rings (SSSR count). The van der Waals surface area contributed by atoms with E-state index in [4.69, 9.17) is 28.3 Å². The van der Waals surface area contributed by atoms with Gasteiger partial charge in [0.1, 0.15) is 0 Å². The van der Waals surface area contributed by atoms with Crippen LogP contribution in [0.15, 0.2) is 18.2 Å². The van der Waals surface area contributed by atoms with Gasteiger partial charge in [0.25, 0.3) is 0 Å².